The van der Waals surface area contributed by atoms with Crippen LogP contribution >= 0.6 is 0 Å². The molecule has 3 rings (SSSR count). The lowest BCUT2D eigenvalue weighted by Gasteiger charge is -2.26. The Hall–Kier alpha value is -1.91. The number of carbonyl (C=O) groups excluding carboxylic acids is 2. The molecule has 0 saturated heterocycles. The predicted octanol–water partition coefficient (Wildman–Crippen LogP) is 3.90. The number of aryl methyl sites for hydroxylation is 1. The van der Waals surface area contributed by atoms with Crippen LogP contribution in [0.5, 0.6) is 0 Å². The Balaban J connectivity index is 1.68. The fourth-order valence-electron chi connectivity index (χ4n) is 3.87. The van der Waals surface area contributed by atoms with Crippen LogP contribution in [-0.2, 0) is 9.53 Å². The maximum Gasteiger partial charge on any atom is 0.328 e. The van der Waals surface area contributed by atoms with E-state index in [-0.39, 0.29) is 11.9 Å². The van der Waals surface area contributed by atoms with Crippen LogP contribution in [0.1, 0.15) is 85.8 Å². The third kappa shape index (κ3) is 4.83. The molecule has 2 aliphatic carbocycles. The van der Waals surface area contributed by atoms with Gasteiger partial charge in [-0.1, -0.05) is 32.1 Å². The highest BCUT2D eigenvalue weighted by Gasteiger charge is 2.29. The molecule has 0 spiro atoms. The Morgan fingerprint density at radius 3 is 2.58 bits per heavy atom. The minimum absolute atomic E-state index is 0.230. The van der Waals surface area contributed by atoms with Gasteiger partial charge in [-0.2, -0.15) is 0 Å². The van der Waals surface area contributed by atoms with E-state index in [9.17, 15) is 9.59 Å². The standard InChI is InChI=1S/C21H30N2O3/c1-3-26-21(25)19(12-15-7-5-4-6-8-15)23-20(24)17-13-22-18(11-14(17)2)16-9-10-16/h11,13,15-16,19H,3-10,12H2,1-2H3,(H,23,24)/t19-/m0/s1. The third-order valence-corrected chi connectivity index (χ3v) is 5.54. The first kappa shape index (κ1) is 18.9. The van der Waals surface area contributed by atoms with Gasteiger partial charge in [-0.15, -0.1) is 0 Å². The Labute approximate surface area is 155 Å². The van der Waals surface area contributed by atoms with Crippen molar-refractivity contribution in [2.24, 2.45) is 5.92 Å². The molecule has 2 aliphatic rings. The van der Waals surface area contributed by atoms with Crippen molar-refractivity contribution >= 4 is 11.9 Å². The number of aromatic nitrogens is 1. The zero-order valence-electron chi connectivity index (χ0n) is 15.9. The van der Waals surface area contributed by atoms with E-state index in [4.69, 9.17) is 4.74 Å². The number of pyridine rings is 1. The summed E-state index contributed by atoms with van der Waals surface area (Å²) in [6, 6.07) is 1.43. The molecular weight excluding hydrogens is 328 g/mol. The zero-order valence-corrected chi connectivity index (χ0v) is 15.9. The van der Waals surface area contributed by atoms with Crippen molar-refractivity contribution in [1.82, 2.24) is 10.3 Å². The lowest BCUT2D eigenvalue weighted by atomic mass is 9.84. The van der Waals surface area contributed by atoms with Crippen molar-refractivity contribution in [1.29, 1.82) is 0 Å². The normalized spacial score (nSPS) is 19.0. The van der Waals surface area contributed by atoms with Gasteiger partial charge in [0.25, 0.3) is 5.91 Å². The molecule has 0 radical (unpaired) electrons. The average molecular weight is 358 g/mol. The number of hydrogen-bond donors (Lipinski definition) is 1. The van der Waals surface area contributed by atoms with E-state index in [2.05, 4.69) is 10.3 Å². The molecule has 1 aromatic rings. The van der Waals surface area contributed by atoms with Crippen LogP contribution < -0.4 is 5.32 Å². The first-order chi connectivity index (χ1) is 12.6. The summed E-state index contributed by atoms with van der Waals surface area (Å²) in [6.07, 6.45) is 10.6. The van der Waals surface area contributed by atoms with Gasteiger partial charge in [0.05, 0.1) is 12.2 Å². The molecule has 2 fully saturated rings. The number of hydrogen-bond acceptors (Lipinski definition) is 4. The maximum absolute atomic E-state index is 12.8. The molecule has 1 aromatic heterocycles. The van der Waals surface area contributed by atoms with Gasteiger partial charge in [-0.05, 0) is 50.7 Å². The summed E-state index contributed by atoms with van der Waals surface area (Å²) in [7, 11) is 0. The predicted molar refractivity (Wildman–Crippen MR) is 100 cm³/mol. The molecule has 0 bridgehead atoms. The smallest absolute Gasteiger partial charge is 0.328 e. The summed E-state index contributed by atoms with van der Waals surface area (Å²) in [5, 5.41) is 2.92. The third-order valence-electron chi connectivity index (χ3n) is 5.54. The Bertz CT molecular complexity index is 649. The van der Waals surface area contributed by atoms with Gasteiger partial charge in [0, 0.05) is 17.8 Å². The van der Waals surface area contributed by atoms with Crippen LogP contribution in [0, 0.1) is 12.8 Å². The summed E-state index contributed by atoms with van der Waals surface area (Å²) in [5.41, 5.74) is 2.54. The number of rotatable bonds is 7. The van der Waals surface area contributed by atoms with E-state index in [1.807, 2.05) is 13.0 Å². The Morgan fingerprint density at radius 1 is 1.23 bits per heavy atom. The molecule has 0 aliphatic heterocycles. The monoisotopic (exact) mass is 358 g/mol. The van der Waals surface area contributed by atoms with Crippen molar-refractivity contribution in [2.75, 3.05) is 6.61 Å². The zero-order chi connectivity index (χ0) is 18.5. The molecule has 5 heteroatoms. The average Bonchev–Trinajstić information content (AvgIpc) is 3.47. The highest BCUT2D eigenvalue weighted by atomic mass is 16.5. The number of nitrogens with one attached hydrogen (secondary N) is 1. The number of esters is 1. The molecular formula is C21H30N2O3. The van der Waals surface area contributed by atoms with Gasteiger partial charge in [0.15, 0.2) is 0 Å². The maximum atomic E-state index is 12.8. The summed E-state index contributed by atoms with van der Waals surface area (Å²) in [4.78, 5) is 29.6. The van der Waals surface area contributed by atoms with Gasteiger partial charge in [0.2, 0.25) is 0 Å². The Morgan fingerprint density at radius 2 is 1.96 bits per heavy atom. The van der Waals surface area contributed by atoms with Gasteiger partial charge < -0.3 is 10.1 Å². The molecule has 1 atom stereocenters. The highest BCUT2D eigenvalue weighted by Crippen LogP contribution is 2.39. The van der Waals surface area contributed by atoms with E-state index in [0.29, 0.717) is 30.4 Å². The lowest BCUT2D eigenvalue weighted by Crippen LogP contribution is -2.43. The van der Waals surface area contributed by atoms with Crippen molar-refractivity contribution < 1.29 is 14.3 Å². The largest absolute Gasteiger partial charge is 0.464 e. The molecule has 1 amide bonds. The second-order valence-electron chi connectivity index (χ2n) is 7.72. The van der Waals surface area contributed by atoms with E-state index >= 15 is 0 Å². The van der Waals surface area contributed by atoms with Crippen LogP contribution in [0.4, 0.5) is 0 Å². The van der Waals surface area contributed by atoms with E-state index in [0.717, 1.165) is 24.1 Å². The summed E-state index contributed by atoms with van der Waals surface area (Å²) in [6.45, 7) is 4.05. The van der Waals surface area contributed by atoms with Crippen LogP contribution in [0.15, 0.2) is 12.3 Å². The van der Waals surface area contributed by atoms with E-state index < -0.39 is 6.04 Å². The molecule has 2 saturated carbocycles. The van der Waals surface area contributed by atoms with Gasteiger partial charge >= 0.3 is 5.97 Å². The molecule has 1 N–H and O–H groups in total. The van der Waals surface area contributed by atoms with Gasteiger partial charge in [-0.25, -0.2) is 4.79 Å². The quantitative estimate of drug-likeness (QED) is 0.751. The Kier molecular flexibility index (Phi) is 6.28. The van der Waals surface area contributed by atoms with Gasteiger partial charge in [0.1, 0.15) is 6.04 Å². The fourth-order valence-corrected chi connectivity index (χ4v) is 3.87. The number of nitrogens with zero attached hydrogens (tertiary/aromatic N) is 1. The minimum Gasteiger partial charge on any atom is -0.464 e. The second-order valence-corrected chi connectivity index (χ2v) is 7.72. The molecule has 0 aromatic carbocycles. The summed E-state index contributed by atoms with van der Waals surface area (Å²) in [5.74, 6) is 0.483. The van der Waals surface area contributed by atoms with Crippen molar-refractivity contribution in [3.63, 3.8) is 0 Å². The van der Waals surface area contributed by atoms with Crippen LogP contribution in [0.25, 0.3) is 0 Å². The summed E-state index contributed by atoms with van der Waals surface area (Å²) < 4.78 is 5.20. The first-order valence-corrected chi connectivity index (χ1v) is 10.0. The number of amides is 1. The van der Waals surface area contributed by atoms with Crippen LogP contribution in [-0.4, -0.2) is 29.5 Å². The van der Waals surface area contributed by atoms with Crippen molar-refractivity contribution in [3.05, 3.63) is 29.1 Å². The highest BCUT2D eigenvalue weighted by molar-refractivity contribution is 5.97. The molecule has 142 valence electrons. The lowest BCUT2D eigenvalue weighted by molar-refractivity contribution is -0.146. The summed E-state index contributed by atoms with van der Waals surface area (Å²) >= 11 is 0. The van der Waals surface area contributed by atoms with Gasteiger partial charge in [-0.3, -0.25) is 9.78 Å². The van der Waals surface area contributed by atoms with Crippen LogP contribution in [0.2, 0.25) is 0 Å². The fraction of sp³-hybridized carbons (Fsp3) is 0.667. The van der Waals surface area contributed by atoms with Crippen LogP contribution in [0.3, 0.4) is 0 Å². The number of ether oxygens (including phenoxy) is 1. The molecule has 26 heavy (non-hydrogen) atoms. The van der Waals surface area contributed by atoms with Crippen molar-refractivity contribution in [3.8, 4) is 0 Å². The topological polar surface area (TPSA) is 68.3 Å². The molecule has 0 unspecified atom stereocenters. The minimum atomic E-state index is -0.576. The first-order valence-electron chi connectivity index (χ1n) is 10.0. The van der Waals surface area contributed by atoms with E-state index in [1.54, 1.807) is 13.1 Å². The molecule has 5 nitrogen and oxygen atoms in total. The number of carbonyl (C=O) groups is 2. The van der Waals surface area contributed by atoms with Crippen molar-refractivity contribution in [2.45, 2.75) is 77.2 Å². The van der Waals surface area contributed by atoms with E-state index in [1.165, 1.54) is 32.1 Å². The second kappa shape index (κ2) is 8.65. The molecule has 1 heterocycles. The SMILES string of the molecule is CCOC(=O)[C@H](CC1CCCCC1)NC(=O)c1cnc(C2CC2)cc1C.